The van der Waals surface area contributed by atoms with Crippen molar-refractivity contribution < 1.29 is 0 Å². The van der Waals surface area contributed by atoms with Crippen molar-refractivity contribution in [2.45, 2.75) is 0 Å². The molecule has 0 spiro atoms. The third-order valence-electron chi connectivity index (χ3n) is 1.97. The number of rotatable bonds is 1. The Balaban J connectivity index is 2.54. The molecule has 1 heteroatoms. The predicted octanol–water partition coefficient (Wildman–Crippen LogP) is 2.15. The molecule has 0 aliphatic rings. The zero-order valence-corrected chi connectivity index (χ0v) is 8.82. The molecule has 0 unspecified atom stereocenters. The van der Waals surface area contributed by atoms with Gasteiger partial charge in [0.1, 0.15) is 0 Å². The van der Waals surface area contributed by atoms with E-state index in [4.69, 9.17) is 0 Å². The van der Waals surface area contributed by atoms with Crippen LogP contribution in [0.15, 0.2) is 54.6 Å². The second-order valence-corrected chi connectivity index (χ2v) is 3.78. The zero-order valence-electron chi connectivity index (χ0n) is 7.10. The summed E-state index contributed by atoms with van der Waals surface area (Å²) < 4.78 is 1.20. The molecule has 0 aliphatic carbocycles. The summed E-state index contributed by atoms with van der Waals surface area (Å²) in [6.07, 6.45) is 0. The maximum atomic E-state index is 3.07. The molecule has 0 saturated heterocycles. The SMILES string of the molecule is [Se]c1ccccc1-c1ccccc1. The van der Waals surface area contributed by atoms with E-state index in [0.717, 1.165) is 0 Å². The van der Waals surface area contributed by atoms with Crippen LogP contribution in [0.3, 0.4) is 0 Å². The predicted molar refractivity (Wildman–Crippen MR) is 57.3 cm³/mol. The van der Waals surface area contributed by atoms with Crippen LogP contribution < -0.4 is 4.46 Å². The van der Waals surface area contributed by atoms with Crippen LogP contribution >= 0.6 is 0 Å². The Morgan fingerprint density at radius 1 is 0.692 bits per heavy atom. The Morgan fingerprint density at radius 2 is 1.31 bits per heavy atom. The molecule has 0 atom stereocenters. The molecule has 0 aliphatic heterocycles. The van der Waals surface area contributed by atoms with Crippen LogP contribution in [0.25, 0.3) is 11.1 Å². The summed E-state index contributed by atoms with van der Waals surface area (Å²) in [5, 5.41) is 0. The van der Waals surface area contributed by atoms with Gasteiger partial charge in [-0.15, -0.1) is 0 Å². The molecule has 0 fully saturated rings. The van der Waals surface area contributed by atoms with E-state index in [1.807, 2.05) is 12.1 Å². The molecule has 0 aromatic heterocycles. The molecule has 0 N–H and O–H groups in total. The summed E-state index contributed by atoms with van der Waals surface area (Å²) in [5.41, 5.74) is 2.53. The van der Waals surface area contributed by atoms with Crippen molar-refractivity contribution in [3.63, 3.8) is 0 Å². The molecule has 0 nitrogen and oxygen atoms in total. The fraction of sp³-hybridized carbons (Fsp3) is 0. The van der Waals surface area contributed by atoms with Gasteiger partial charge < -0.3 is 0 Å². The molecule has 0 amide bonds. The third kappa shape index (κ3) is 1.82. The van der Waals surface area contributed by atoms with Gasteiger partial charge in [-0.1, -0.05) is 0 Å². The van der Waals surface area contributed by atoms with E-state index in [9.17, 15) is 0 Å². The first-order valence-corrected chi connectivity index (χ1v) is 5.05. The van der Waals surface area contributed by atoms with E-state index in [1.54, 1.807) is 0 Å². The molecular formula is C12H9Se. The van der Waals surface area contributed by atoms with Gasteiger partial charge in [-0.25, -0.2) is 0 Å². The van der Waals surface area contributed by atoms with Crippen LogP contribution in [0, 0.1) is 0 Å². The molecule has 2 aromatic rings. The van der Waals surface area contributed by atoms with Crippen LogP contribution in [-0.2, 0) is 0 Å². The quantitative estimate of drug-likeness (QED) is 0.661. The third-order valence-corrected chi connectivity index (χ3v) is 2.72. The molecule has 2 rings (SSSR count). The summed E-state index contributed by atoms with van der Waals surface area (Å²) in [5.74, 6) is 0. The van der Waals surface area contributed by atoms with E-state index in [2.05, 4.69) is 58.5 Å². The van der Waals surface area contributed by atoms with Crippen molar-refractivity contribution in [3.8, 4) is 11.1 Å². The van der Waals surface area contributed by atoms with Crippen molar-refractivity contribution in [2.75, 3.05) is 0 Å². The monoisotopic (exact) mass is 233 g/mol. The normalized spacial score (nSPS) is 9.85. The minimum atomic E-state index is 1.20. The van der Waals surface area contributed by atoms with Gasteiger partial charge in [-0.3, -0.25) is 0 Å². The van der Waals surface area contributed by atoms with Crippen LogP contribution in [0.2, 0.25) is 0 Å². The molecule has 0 bridgehead atoms. The fourth-order valence-corrected chi connectivity index (χ4v) is 1.88. The first-order chi connectivity index (χ1) is 6.38. The van der Waals surface area contributed by atoms with Crippen LogP contribution in [-0.4, -0.2) is 16.0 Å². The van der Waals surface area contributed by atoms with E-state index in [1.165, 1.54) is 15.6 Å². The van der Waals surface area contributed by atoms with Gasteiger partial charge in [-0.2, -0.15) is 0 Å². The second kappa shape index (κ2) is 3.78. The summed E-state index contributed by atoms with van der Waals surface area (Å²) in [6.45, 7) is 0. The summed E-state index contributed by atoms with van der Waals surface area (Å²) in [6, 6.07) is 18.7. The average Bonchev–Trinajstić information content (AvgIpc) is 2.20. The Kier molecular flexibility index (Phi) is 2.49. The van der Waals surface area contributed by atoms with Gasteiger partial charge >= 0.3 is 86.2 Å². The maximum absolute atomic E-state index is 3.07. The van der Waals surface area contributed by atoms with Crippen LogP contribution in [0.4, 0.5) is 0 Å². The van der Waals surface area contributed by atoms with Crippen molar-refractivity contribution >= 4 is 20.5 Å². The van der Waals surface area contributed by atoms with Crippen molar-refractivity contribution in [3.05, 3.63) is 54.6 Å². The van der Waals surface area contributed by atoms with E-state index < -0.39 is 0 Å². The fourth-order valence-electron chi connectivity index (χ4n) is 1.32. The molecule has 13 heavy (non-hydrogen) atoms. The van der Waals surface area contributed by atoms with Gasteiger partial charge in [0.2, 0.25) is 0 Å². The first-order valence-electron chi connectivity index (χ1n) is 4.19. The number of benzene rings is 2. The van der Waals surface area contributed by atoms with Gasteiger partial charge in [-0.05, 0) is 0 Å². The molecule has 63 valence electrons. The van der Waals surface area contributed by atoms with Crippen LogP contribution in [0.1, 0.15) is 0 Å². The van der Waals surface area contributed by atoms with E-state index in [-0.39, 0.29) is 0 Å². The summed E-state index contributed by atoms with van der Waals surface area (Å²) in [4.78, 5) is 0. The van der Waals surface area contributed by atoms with Gasteiger partial charge in [0.25, 0.3) is 0 Å². The van der Waals surface area contributed by atoms with Gasteiger partial charge in [0.05, 0.1) is 0 Å². The molecule has 0 saturated carbocycles. The van der Waals surface area contributed by atoms with Crippen molar-refractivity contribution in [2.24, 2.45) is 0 Å². The molecule has 1 radical (unpaired) electrons. The minimum absolute atomic E-state index is 1.20. The summed E-state index contributed by atoms with van der Waals surface area (Å²) >= 11 is 3.07. The van der Waals surface area contributed by atoms with E-state index in [0.29, 0.717) is 0 Å². The molecular weight excluding hydrogens is 223 g/mol. The van der Waals surface area contributed by atoms with Gasteiger partial charge in [0, 0.05) is 0 Å². The number of hydrogen-bond donors (Lipinski definition) is 0. The molecule has 0 heterocycles. The summed E-state index contributed by atoms with van der Waals surface area (Å²) in [7, 11) is 0. The first kappa shape index (κ1) is 8.55. The van der Waals surface area contributed by atoms with E-state index >= 15 is 0 Å². The van der Waals surface area contributed by atoms with Crippen LogP contribution in [0.5, 0.6) is 0 Å². The van der Waals surface area contributed by atoms with Crippen molar-refractivity contribution in [1.29, 1.82) is 0 Å². The second-order valence-electron chi connectivity index (χ2n) is 2.86. The Morgan fingerprint density at radius 3 is 2.00 bits per heavy atom. The Hall–Kier alpha value is -1.04. The Bertz CT molecular complexity index is 393. The standard InChI is InChI=1S/C12H9Se/c13-12-9-5-4-8-11(12)10-6-2-1-3-7-10/h1-9H. The zero-order chi connectivity index (χ0) is 9.10. The number of hydrogen-bond acceptors (Lipinski definition) is 0. The topological polar surface area (TPSA) is 0 Å². The van der Waals surface area contributed by atoms with Crippen molar-refractivity contribution in [1.82, 2.24) is 0 Å². The van der Waals surface area contributed by atoms with Gasteiger partial charge in [0.15, 0.2) is 0 Å². The average molecular weight is 232 g/mol. The Labute approximate surface area is 86.4 Å². The molecule has 2 aromatic carbocycles.